The molecule has 0 spiro atoms. The highest BCUT2D eigenvalue weighted by molar-refractivity contribution is 7.99. The summed E-state index contributed by atoms with van der Waals surface area (Å²) in [6.45, 7) is 2.09. The Bertz CT molecular complexity index is 1200. The van der Waals surface area contributed by atoms with E-state index < -0.39 is 0 Å². The van der Waals surface area contributed by atoms with Crippen molar-refractivity contribution in [1.82, 2.24) is 19.2 Å². The summed E-state index contributed by atoms with van der Waals surface area (Å²) in [5.74, 6) is 0.706. The maximum atomic E-state index is 13.1. The molecular formula is C19H15N5OS. The Morgan fingerprint density at radius 2 is 1.88 bits per heavy atom. The minimum absolute atomic E-state index is 0.137. The number of aromatic nitrogens is 4. The van der Waals surface area contributed by atoms with Crippen LogP contribution in [0.2, 0.25) is 0 Å². The fourth-order valence-electron chi connectivity index (χ4n) is 2.98. The van der Waals surface area contributed by atoms with E-state index in [0.29, 0.717) is 16.3 Å². The van der Waals surface area contributed by atoms with Crippen molar-refractivity contribution >= 4 is 28.4 Å². The second-order valence-corrected chi connectivity index (χ2v) is 6.68. The molecule has 4 aromatic rings. The van der Waals surface area contributed by atoms with Crippen LogP contribution in [0.4, 0.5) is 0 Å². The first kappa shape index (κ1) is 16.4. The first-order chi connectivity index (χ1) is 12.7. The summed E-state index contributed by atoms with van der Waals surface area (Å²) in [6.07, 6.45) is 0.933. The van der Waals surface area contributed by atoms with Crippen molar-refractivity contribution in [2.24, 2.45) is 0 Å². The summed E-state index contributed by atoms with van der Waals surface area (Å²) < 4.78 is 3.41. The second kappa shape index (κ2) is 6.65. The van der Waals surface area contributed by atoms with Crippen LogP contribution in [0.1, 0.15) is 12.5 Å². The molecule has 2 aromatic heterocycles. The molecule has 0 aliphatic heterocycles. The van der Waals surface area contributed by atoms with E-state index >= 15 is 0 Å². The average molecular weight is 361 g/mol. The van der Waals surface area contributed by atoms with E-state index in [1.807, 2.05) is 46.9 Å². The number of aryl methyl sites for hydroxylation is 1. The normalized spacial score (nSPS) is 11.1. The van der Waals surface area contributed by atoms with E-state index in [-0.39, 0.29) is 11.3 Å². The second-order valence-electron chi connectivity index (χ2n) is 5.74. The van der Waals surface area contributed by atoms with E-state index in [2.05, 4.69) is 23.2 Å². The van der Waals surface area contributed by atoms with E-state index in [1.165, 1.54) is 17.3 Å². The first-order valence-electron chi connectivity index (χ1n) is 8.22. The van der Waals surface area contributed by atoms with Gasteiger partial charge in [0.1, 0.15) is 0 Å². The van der Waals surface area contributed by atoms with E-state index in [0.717, 1.165) is 17.6 Å². The molecule has 2 heterocycles. The van der Waals surface area contributed by atoms with Gasteiger partial charge >= 0.3 is 0 Å². The summed E-state index contributed by atoms with van der Waals surface area (Å²) >= 11 is 1.30. The predicted molar refractivity (Wildman–Crippen MR) is 102 cm³/mol. The molecule has 0 saturated heterocycles. The zero-order chi connectivity index (χ0) is 18.1. The molecule has 2 aromatic carbocycles. The Morgan fingerprint density at radius 3 is 2.62 bits per heavy atom. The quantitative estimate of drug-likeness (QED) is 0.522. The highest BCUT2D eigenvalue weighted by atomic mass is 32.2. The Hall–Kier alpha value is -3.11. The van der Waals surface area contributed by atoms with Gasteiger partial charge in [0.05, 0.1) is 28.4 Å². The van der Waals surface area contributed by atoms with Gasteiger partial charge in [0, 0.05) is 0 Å². The lowest BCUT2D eigenvalue weighted by atomic mass is 10.1. The van der Waals surface area contributed by atoms with E-state index in [4.69, 9.17) is 5.26 Å². The molecule has 0 aliphatic carbocycles. The summed E-state index contributed by atoms with van der Waals surface area (Å²) in [6, 6.07) is 17.3. The van der Waals surface area contributed by atoms with Crippen molar-refractivity contribution < 1.29 is 0 Å². The van der Waals surface area contributed by atoms with Gasteiger partial charge in [-0.3, -0.25) is 9.20 Å². The number of nitrogens with zero attached hydrogens (tertiary/aromatic N) is 5. The van der Waals surface area contributed by atoms with Crippen LogP contribution in [0.5, 0.6) is 0 Å². The molecule has 4 rings (SSSR count). The zero-order valence-electron chi connectivity index (χ0n) is 14.1. The minimum Gasteiger partial charge on any atom is -0.268 e. The fourth-order valence-corrected chi connectivity index (χ4v) is 3.58. The van der Waals surface area contributed by atoms with Gasteiger partial charge in [-0.2, -0.15) is 5.26 Å². The first-order valence-corrected chi connectivity index (χ1v) is 9.21. The molecule has 0 radical (unpaired) electrons. The highest BCUT2D eigenvalue weighted by Gasteiger charge is 2.17. The molecule has 7 heteroatoms. The highest BCUT2D eigenvalue weighted by Crippen LogP contribution is 2.23. The van der Waals surface area contributed by atoms with Gasteiger partial charge in [0.15, 0.2) is 5.16 Å². The third kappa shape index (κ3) is 2.55. The predicted octanol–water partition coefficient (Wildman–Crippen LogP) is 3.21. The third-order valence-corrected chi connectivity index (χ3v) is 5.06. The van der Waals surface area contributed by atoms with Crippen LogP contribution in [-0.2, 0) is 6.42 Å². The van der Waals surface area contributed by atoms with Crippen LogP contribution in [0, 0.1) is 11.3 Å². The van der Waals surface area contributed by atoms with Crippen molar-refractivity contribution in [1.29, 1.82) is 5.26 Å². The molecule has 0 amide bonds. The van der Waals surface area contributed by atoms with Crippen LogP contribution in [-0.4, -0.2) is 24.9 Å². The molecule has 6 nitrogen and oxygen atoms in total. The molecule has 0 aliphatic rings. The topological polar surface area (TPSA) is 76.0 Å². The third-order valence-electron chi connectivity index (χ3n) is 4.26. The SMILES string of the molecule is CCc1ccc(-n2c(=O)c3ccccc3n3c(SCC#N)nnc23)cc1. The van der Waals surface area contributed by atoms with Gasteiger partial charge in [-0.15, -0.1) is 10.2 Å². The molecule has 0 N–H and O–H groups in total. The number of thioether (sulfide) groups is 1. The van der Waals surface area contributed by atoms with Crippen molar-refractivity contribution in [2.45, 2.75) is 18.5 Å². The zero-order valence-corrected chi connectivity index (χ0v) is 14.9. The van der Waals surface area contributed by atoms with Crippen molar-refractivity contribution in [3.63, 3.8) is 0 Å². The lowest BCUT2D eigenvalue weighted by Gasteiger charge is -2.11. The number of para-hydroxylation sites is 1. The monoisotopic (exact) mass is 361 g/mol. The number of benzene rings is 2. The van der Waals surface area contributed by atoms with Gasteiger partial charge in [-0.05, 0) is 36.2 Å². The number of hydrogen-bond donors (Lipinski definition) is 0. The van der Waals surface area contributed by atoms with Gasteiger partial charge < -0.3 is 0 Å². The van der Waals surface area contributed by atoms with Crippen molar-refractivity contribution in [2.75, 3.05) is 5.75 Å². The smallest absolute Gasteiger partial charge is 0.267 e. The summed E-state index contributed by atoms with van der Waals surface area (Å²) in [4.78, 5) is 13.1. The summed E-state index contributed by atoms with van der Waals surface area (Å²) in [5.41, 5.74) is 2.54. The largest absolute Gasteiger partial charge is 0.268 e. The molecule has 0 atom stereocenters. The molecule has 26 heavy (non-hydrogen) atoms. The van der Waals surface area contributed by atoms with Gasteiger partial charge in [0.25, 0.3) is 5.56 Å². The molecule has 0 fully saturated rings. The van der Waals surface area contributed by atoms with Gasteiger partial charge in [-0.1, -0.05) is 43.0 Å². The fraction of sp³-hybridized carbons (Fsp3) is 0.158. The molecule has 0 unspecified atom stereocenters. The number of fused-ring (bicyclic) bond motifs is 3. The average Bonchev–Trinajstić information content (AvgIpc) is 3.11. The molecular weight excluding hydrogens is 346 g/mol. The lowest BCUT2D eigenvalue weighted by molar-refractivity contribution is 0.932. The van der Waals surface area contributed by atoms with Crippen molar-refractivity contribution in [3.05, 3.63) is 64.4 Å². The Balaban J connectivity index is 2.08. The number of rotatable bonds is 4. The van der Waals surface area contributed by atoms with Crippen LogP contribution in [0.3, 0.4) is 0 Å². The molecule has 0 saturated carbocycles. The minimum atomic E-state index is -0.137. The molecule has 0 bridgehead atoms. The van der Waals surface area contributed by atoms with Gasteiger partial charge in [-0.25, -0.2) is 4.57 Å². The molecule has 128 valence electrons. The number of hydrogen-bond acceptors (Lipinski definition) is 5. The summed E-state index contributed by atoms with van der Waals surface area (Å²) in [7, 11) is 0. The Labute approximate surface area is 153 Å². The maximum Gasteiger partial charge on any atom is 0.267 e. The summed E-state index contributed by atoms with van der Waals surface area (Å²) in [5, 5.41) is 18.5. The van der Waals surface area contributed by atoms with Crippen molar-refractivity contribution in [3.8, 4) is 11.8 Å². The van der Waals surface area contributed by atoms with Crippen LogP contribution >= 0.6 is 11.8 Å². The number of nitriles is 1. The van der Waals surface area contributed by atoms with Crippen LogP contribution < -0.4 is 5.56 Å². The standard InChI is InChI=1S/C19H15N5OS/c1-2-13-7-9-14(10-8-13)23-17(25)15-5-3-4-6-16(15)24-18(23)21-22-19(24)26-12-11-20/h3-10H,2,12H2,1H3. The lowest BCUT2D eigenvalue weighted by Crippen LogP contribution is -2.21. The van der Waals surface area contributed by atoms with Crippen LogP contribution in [0.15, 0.2) is 58.5 Å². The van der Waals surface area contributed by atoms with Crippen LogP contribution in [0.25, 0.3) is 22.4 Å². The maximum absolute atomic E-state index is 13.1. The van der Waals surface area contributed by atoms with E-state index in [1.54, 1.807) is 10.6 Å². The van der Waals surface area contributed by atoms with Gasteiger partial charge in [0.2, 0.25) is 5.78 Å². The Morgan fingerprint density at radius 1 is 1.12 bits per heavy atom. The Kier molecular flexibility index (Phi) is 4.19. The van der Waals surface area contributed by atoms with E-state index in [9.17, 15) is 4.79 Å².